The van der Waals surface area contributed by atoms with Crippen molar-refractivity contribution in [2.75, 3.05) is 33.7 Å². The second-order valence-electron chi connectivity index (χ2n) is 7.77. The van der Waals surface area contributed by atoms with Crippen LogP contribution >= 0.6 is 0 Å². The van der Waals surface area contributed by atoms with Gasteiger partial charge in [0.1, 0.15) is 0 Å². The van der Waals surface area contributed by atoms with Gasteiger partial charge in [-0.3, -0.25) is 4.79 Å². The predicted molar refractivity (Wildman–Crippen MR) is 86.6 cm³/mol. The van der Waals surface area contributed by atoms with Crippen molar-refractivity contribution in [2.45, 2.75) is 53.5 Å². The Kier molecular flexibility index (Phi) is 8.36. The summed E-state index contributed by atoms with van der Waals surface area (Å²) in [4.78, 5) is 16.5. The van der Waals surface area contributed by atoms with Crippen LogP contribution in [0.3, 0.4) is 0 Å². The van der Waals surface area contributed by atoms with Crippen LogP contribution < -0.4 is 5.73 Å². The van der Waals surface area contributed by atoms with Crippen molar-refractivity contribution in [3.63, 3.8) is 0 Å². The van der Waals surface area contributed by atoms with Crippen LogP contribution in [-0.2, 0) is 4.79 Å². The maximum Gasteiger partial charge on any atom is 0.224 e. The molecule has 0 saturated heterocycles. The second kappa shape index (κ2) is 8.63. The minimum absolute atomic E-state index is 0.0449. The van der Waals surface area contributed by atoms with Crippen LogP contribution in [0.5, 0.6) is 0 Å². The maximum atomic E-state index is 12.4. The molecule has 0 saturated carbocycles. The number of carbonyl (C=O) groups excluding carboxylic acids is 1. The van der Waals surface area contributed by atoms with E-state index in [-0.39, 0.29) is 17.4 Å². The molecule has 0 radical (unpaired) electrons. The molecule has 1 amide bonds. The molecule has 0 fully saturated rings. The molecule has 4 nitrogen and oxygen atoms in total. The van der Waals surface area contributed by atoms with E-state index in [0.717, 1.165) is 26.1 Å². The Morgan fingerprint density at radius 3 is 2.10 bits per heavy atom. The third kappa shape index (κ3) is 10.2. The molecule has 1 atom stereocenters. The molecule has 0 spiro atoms. The van der Waals surface area contributed by atoms with Gasteiger partial charge in [-0.05, 0) is 31.8 Å². The number of hydrogen-bond acceptors (Lipinski definition) is 3. The summed E-state index contributed by atoms with van der Waals surface area (Å²) in [5, 5.41) is 0. The SMILES string of the molecule is CC(C)CN(CCN(C)C)C(=O)CC(N)CC(C)(C)C. The Morgan fingerprint density at radius 1 is 1.15 bits per heavy atom. The normalized spacial score (nSPS) is 13.9. The van der Waals surface area contributed by atoms with Gasteiger partial charge in [-0.1, -0.05) is 34.6 Å². The zero-order valence-electron chi connectivity index (χ0n) is 14.6. The van der Waals surface area contributed by atoms with Gasteiger partial charge < -0.3 is 15.5 Å². The molecule has 20 heavy (non-hydrogen) atoms. The summed E-state index contributed by atoms with van der Waals surface area (Å²) in [5.74, 6) is 0.678. The number of nitrogens with zero attached hydrogens (tertiary/aromatic N) is 2. The Hall–Kier alpha value is -0.610. The molecule has 0 aliphatic heterocycles. The number of amides is 1. The van der Waals surface area contributed by atoms with E-state index in [4.69, 9.17) is 5.73 Å². The van der Waals surface area contributed by atoms with Crippen LogP contribution in [0.25, 0.3) is 0 Å². The average Bonchev–Trinajstić information content (AvgIpc) is 2.20. The molecule has 120 valence electrons. The van der Waals surface area contributed by atoms with Crippen molar-refractivity contribution < 1.29 is 4.79 Å². The Morgan fingerprint density at radius 2 is 1.70 bits per heavy atom. The molecule has 0 heterocycles. The third-order valence-corrected chi connectivity index (χ3v) is 3.07. The van der Waals surface area contributed by atoms with Crippen LogP contribution in [0, 0.1) is 11.3 Å². The van der Waals surface area contributed by atoms with Crippen molar-refractivity contribution in [3.05, 3.63) is 0 Å². The highest BCUT2D eigenvalue weighted by molar-refractivity contribution is 5.76. The number of rotatable bonds is 8. The molecule has 0 aliphatic carbocycles. The predicted octanol–water partition coefficient (Wildman–Crippen LogP) is 2.19. The van der Waals surface area contributed by atoms with Gasteiger partial charge in [-0.25, -0.2) is 0 Å². The van der Waals surface area contributed by atoms with Crippen molar-refractivity contribution in [1.29, 1.82) is 0 Å². The topological polar surface area (TPSA) is 49.6 Å². The van der Waals surface area contributed by atoms with E-state index in [2.05, 4.69) is 39.5 Å². The first kappa shape index (κ1) is 19.4. The molecule has 0 aromatic heterocycles. The largest absolute Gasteiger partial charge is 0.341 e. The summed E-state index contributed by atoms with van der Waals surface area (Å²) < 4.78 is 0. The first-order valence-corrected chi connectivity index (χ1v) is 7.69. The van der Waals surface area contributed by atoms with Gasteiger partial charge in [0, 0.05) is 32.1 Å². The minimum atomic E-state index is -0.0449. The lowest BCUT2D eigenvalue weighted by Gasteiger charge is -2.29. The zero-order valence-corrected chi connectivity index (χ0v) is 14.6. The van der Waals surface area contributed by atoms with E-state index in [9.17, 15) is 4.79 Å². The Labute approximate surface area is 125 Å². The first-order valence-electron chi connectivity index (χ1n) is 7.69. The molecule has 0 aromatic rings. The van der Waals surface area contributed by atoms with Gasteiger partial charge in [-0.2, -0.15) is 0 Å². The van der Waals surface area contributed by atoms with E-state index in [1.54, 1.807) is 0 Å². The molecular weight excluding hydrogens is 250 g/mol. The van der Waals surface area contributed by atoms with Gasteiger partial charge >= 0.3 is 0 Å². The fourth-order valence-electron chi connectivity index (χ4n) is 2.29. The van der Waals surface area contributed by atoms with E-state index in [1.807, 2.05) is 19.0 Å². The van der Waals surface area contributed by atoms with Gasteiger partial charge in [-0.15, -0.1) is 0 Å². The van der Waals surface area contributed by atoms with Crippen molar-refractivity contribution >= 4 is 5.91 Å². The monoisotopic (exact) mass is 285 g/mol. The second-order valence-corrected chi connectivity index (χ2v) is 7.77. The summed E-state index contributed by atoms with van der Waals surface area (Å²) >= 11 is 0. The number of carbonyl (C=O) groups is 1. The van der Waals surface area contributed by atoms with E-state index >= 15 is 0 Å². The van der Waals surface area contributed by atoms with Crippen LogP contribution in [0.4, 0.5) is 0 Å². The third-order valence-electron chi connectivity index (χ3n) is 3.07. The molecule has 0 aromatic carbocycles. The number of likely N-dealkylation sites (N-methyl/N-ethyl adjacent to an activating group) is 1. The molecule has 1 unspecified atom stereocenters. The standard InChI is InChI=1S/C16H35N3O/c1-13(2)12-19(9-8-18(6)7)15(20)10-14(17)11-16(3,4)5/h13-14H,8-12,17H2,1-7H3. The van der Waals surface area contributed by atoms with Crippen molar-refractivity contribution in [3.8, 4) is 0 Å². The maximum absolute atomic E-state index is 12.4. The molecule has 2 N–H and O–H groups in total. The van der Waals surface area contributed by atoms with Crippen molar-refractivity contribution in [2.24, 2.45) is 17.1 Å². The van der Waals surface area contributed by atoms with E-state index < -0.39 is 0 Å². The summed E-state index contributed by atoms with van der Waals surface area (Å²) in [6.07, 6.45) is 1.33. The first-order chi connectivity index (χ1) is 9.01. The molecule has 0 bridgehead atoms. The Balaban J connectivity index is 4.45. The molecule has 0 rings (SSSR count). The fourth-order valence-corrected chi connectivity index (χ4v) is 2.29. The smallest absolute Gasteiger partial charge is 0.224 e. The fraction of sp³-hybridized carbons (Fsp3) is 0.938. The van der Waals surface area contributed by atoms with Gasteiger partial charge in [0.25, 0.3) is 0 Å². The van der Waals surface area contributed by atoms with Gasteiger partial charge in [0.05, 0.1) is 0 Å². The number of hydrogen-bond donors (Lipinski definition) is 1. The summed E-state index contributed by atoms with van der Waals surface area (Å²) in [7, 11) is 4.06. The highest BCUT2D eigenvalue weighted by atomic mass is 16.2. The van der Waals surface area contributed by atoms with Crippen LogP contribution in [-0.4, -0.2) is 55.5 Å². The summed E-state index contributed by atoms with van der Waals surface area (Å²) in [6, 6.07) is -0.0449. The zero-order chi connectivity index (χ0) is 15.9. The Bertz CT molecular complexity index is 282. The summed E-state index contributed by atoms with van der Waals surface area (Å²) in [6.45, 7) is 13.3. The van der Waals surface area contributed by atoms with E-state index in [1.165, 1.54) is 0 Å². The minimum Gasteiger partial charge on any atom is -0.341 e. The lowest BCUT2D eigenvalue weighted by molar-refractivity contribution is -0.132. The quantitative estimate of drug-likeness (QED) is 0.744. The van der Waals surface area contributed by atoms with Crippen LogP contribution in [0.15, 0.2) is 0 Å². The van der Waals surface area contributed by atoms with E-state index in [0.29, 0.717) is 12.3 Å². The van der Waals surface area contributed by atoms with Gasteiger partial charge in [0.2, 0.25) is 5.91 Å². The lowest BCUT2D eigenvalue weighted by atomic mass is 9.87. The van der Waals surface area contributed by atoms with Gasteiger partial charge in [0.15, 0.2) is 0 Å². The number of nitrogens with two attached hydrogens (primary N) is 1. The summed E-state index contributed by atoms with van der Waals surface area (Å²) in [5.41, 5.74) is 6.30. The highest BCUT2D eigenvalue weighted by Crippen LogP contribution is 2.21. The van der Waals surface area contributed by atoms with Crippen LogP contribution in [0.1, 0.15) is 47.5 Å². The molecule has 4 heteroatoms. The lowest BCUT2D eigenvalue weighted by Crippen LogP contribution is -2.42. The molecule has 0 aliphatic rings. The molecular formula is C16H35N3O. The highest BCUT2D eigenvalue weighted by Gasteiger charge is 2.21. The van der Waals surface area contributed by atoms with Crippen LogP contribution in [0.2, 0.25) is 0 Å². The van der Waals surface area contributed by atoms with Crippen molar-refractivity contribution in [1.82, 2.24) is 9.80 Å². The average molecular weight is 285 g/mol.